The van der Waals surface area contributed by atoms with Crippen LogP contribution in [0.25, 0.3) is 11.3 Å². The van der Waals surface area contributed by atoms with Gasteiger partial charge in [-0.05, 0) is 13.3 Å². The largest absolute Gasteiger partial charge is 0.354 e. The van der Waals surface area contributed by atoms with Gasteiger partial charge in [-0.1, -0.05) is 30.3 Å². The van der Waals surface area contributed by atoms with Crippen LogP contribution >= 0.6 is 11.3 Å². The summed E-state index contributed by atoms with van der Waals surface area (Å²) in [6.45, 7) is 2.60. The van der Waals surface area contributed by atoms with Crippen molar-refractivity contribution in [1.82, 2.24) is 15.6 Å². The number of thiazole rings is 1. The Morgan fingerprint density at radius 1 is 1.39 bits per heavy atom. The molecule has 0 aliphatic carbocycles. The highest BCUT2D eigenvalue weighted by molar-refractivity contribution is 7.12. The molecule has 0 bridgehead atoms. The maximum absolute atomic E-state index is 11.9. The van der Waals surface area contributed by atoms with E-state index >= 15 is 0 Å². The van der Waals surface area contributed by atoms with Crippen molar-refractivity contribution in [3.05, 3.63) is 40.2 Å². The quantitative estimate of drug-likeness (QED) is 0.882. The zero-order valence-electron chi connectivity index (χ0n) is 13.0. The van der Waals surface area contributed by atoms with Gasteiger partial charge in [-0.3, -0.25) is 9.59 Å². The Morgan fingerprint density at radius 2 is 2.17 bits per heavy atom. The van der Waals surface area contributed by atoms with Crippen LogP contribution in [0.15, 0.2) is 30.3 Å². The molecule has 1 fully saturated rings. The maximum atomic E-state index is 11.9. The van der Waals surface area contributed by atoms with Gasteiger partial charge in [0.1, 0.15) is 6.04 Å². The van der Waals surface area contributed by atoms with E-state index in [1.807, 2.05) is 18.2 Å². The van der Waals surface area contributed by atoms with E-state index in [1.165, 1.54) is 4.88 Å². The minimum absolute atomic E-state index is 0.0480. The number of amides is 2. The normalized spacial score (nSPS) is 17.1. The third-order valence-electron chi connectivity index (χ3n) is 3.84. The predicted octanol–water partition coefficient (Wildman–Crippen LogP) is 2.06. The Morgan fingerprint density at radius 3 is 2.87 bits per heavy atom. The van der Waals surface area contributed by atoms with Crippen molar-refractivity contribution in [1.29, 1.82) is 0 Å². The molecular weight excluding hydrogens is 310 g/mol. The number of benzene rings is 1. The monoisotopic (exact) mass is 329 g/mol. The van der Waals surface area contributed by atoms with E-state index in [0.717, 1.165) is 16.3 Å². The molecular formula is C17H19N3O2S. The van der Waals surface area contributed by atoms with E-state index < -0.39 is 0 Å². The van der Waals surface area contributed by atoms with Crippen molar-refractivity contribution in [2.45, 2.75) is 32.2 Å². The van der Waals surface area contributed by atoms with Crippen LogP contribution in [0.5, 0.6) is 0 Å². The van der Waals surface area contributed by atoms with Gasteiger partial charge in [0, 0.05) is 29.8 Å². The molecule has 23 heavy (non-hydrogen) atoms. The number of hydrogen-bond donors (Lipinski definition) is 2. The molecule has 120 valence electrons. The van der Waals surface area contributed by atoms with Crippen LogP contribution in [0.4, 0.5) is 0 Å². The Kier molecular flexibility index (Phi) is 4.71. The standard InChI is InChI=1S/C17H19N3O2S/c1-11-16(12-5-3-2-4-6-12)20-15(23-11)9-10-18-17(22)13-7-8-14(21)19-13/h2-6,13H,7-10H2,1H3,(H,18,22)(H,19,21)/t13-/m1/s1. The average Bonchev–Trinajstić information content (AvgIpc) is 3.14. The summed E-state index contributed by atoms with van der Waals surface area (Å²) in [7, 11) is 0. The minimum Gasteiger partial charge on any atom is -0.354 e. The fraction of sp³-hybridized carbons (Fsp3) is 0.353. The first-order chi connectivity index (χ1) is 11.1. The van der Waals surface area contributed by atoms with Crippen molar-refractivity contribution < 1.29 is 9.59 Å². The lowest BCUT2D eigenvalue weighted by atomic mass is 10.1. The first kappa shape index (κ1) is 15.7. The summed E-state index contributed by atoms with van der Waals surface area (Å²) in [6.07, 6.45) is 1.72. The number of nitrogens with zero attached hydrogens (tertiary/aromatic N) is 1. The predicted molar refractivity (Wildman–Crippen MR) is 90.2 cm³/mol. The Balaban J connectivity index is 1.55. The summed E-state index contributed by atoms with van der Waals surface area (Å²) in [5.74, 6) is -0.152. The maximum Gasteiger partial charge on any atom is 0.242 e. The molecule has 1 aromatic heterocycles. The van der Waals surface area contributed by atoms with Crippen LogP contribution in [0.3, 0.4) is 0 Å². The van der Waals surface area contributed by atoms with Crippen LogP contribution in [0, 0.1) is 6.92 Å². The number of aryl methyl sites for hydroxylation is 1. The second-order valence-corrected chi connectivity index (χ2v) is 6.87. The summed E-state index contributed by atoms with van der Waals surface area (Å²) in [4.78, 5) is 28.9. The van der Waals surface area contributed by atoms with Crippen molar-refractivity contribution in [2.24, 2.45) is 0 Å². The summed E-state index contributed by atoms with van der Waals surface area (Å²) < 4.78 is 0. The first-order valence-electron chi connectivity index (χ1n) is 7.72. The lowest BCUT2D eigenvalue weighted by molar-refractivity contribution is -0.125. The van der Waals surface area contributed by atoms with E-state index in [2.05, 4.69) is 34.7 Å². The van der Waals surface area contributed by atoms with Gasteiger partial charge >= 0.3 is 0 Å². The highest BCUT2D eigenvalue weighted by Crippen LogP contribution is 2.27. The average molecular weight is 329 g/mol. The number of nitrogens with one attached hydrogen (secondary N) is 2. The molecule has 3 rings (SSSR count). The third-order valence-corrected chi connectivity index (χ3v) is 4.87. The second kappa shape index (κ2) is 6.91. The molecule has 0 radical (unpaired) electrons. The van der Waals surface area contributed by atoms with Crippen LogP contribution < -0.4 is 10.6 Å². The topological polar surface area (TPSA) is 71.1 Å². The molecule has 2 aromatic rings. The molecule has 1 aromatic carbocycles. The van der Waals surface area contributed by atoms with Gasteiger partial charge in [0.25, 0.3) is 0 Å². The summed E-state index contributed by atoms with van der Waals surface area (Å²) in [6, 6.07) is 9.73. The van der Waals surface area contributed by atoms with Crippen LogP contribution in [0.2, 0.25) is 0 Å². The molecule has 1 aliphatic rings. The number of rotatable bonds is 5. The fourth-order valence-electron chi connectivity index (χ4n) is 2.65. The molecule has 1 saturated heterocycles. The fourth-order valence-corrected chi connectivity index (χ4v) is 3.60. The molecule has 2 N–H and O–H groups in total. The summed E-state index contributed by atoms with van der Waals surface area (Å²) >= 11 is 1.66. The lowest BCUT2D eigenvalue weighted by Crippen LogP contribution is -2.42. The van der Waals surface area contributed by atoms with E-state index in [1.54, 1.807) is 11.3 Å². The third kappa shape index (κ3) is 3.76. The molecule has 2 heterocycles. The molecule has 5 nitrogen and oxygen atoms in total. The zero-order valence-corrected chi connectivity index (χ0v) is 13.8. The van der Waals surface area contributed by atoms with Gasteiger partial charge in [0.15, 0.2) is 0 Å². The zero-order chi connectivity index (χ0) is 16.2. The molecule has 1 atom stereocenters. The molecule has 6 heteroatoms. The Bertz CT molecular complexity index is 712. The number of aromatic nitrogens is 1. The Hall–Kier alpha value is -2.21. The van der Waals surface area contributed by atoms with Gasteiger partial charge in [-0.25, -0.2) is 4.98 Å². The van der Waals surface area contributed by atoms with Crippen molar-refractivity contribution in [2.75, 3.05) is 6.54 Å². The van der Waals surface area contributed by atoms with Gasteiger partial charge in [-0.2, -0.15) is 0 Å². The number of carbonyl (C=O) groups excluding carboxylic acids is 2. The van der Waals surface area contributed by atoms with E-state index in [4.69, 9.17) is 0 Å². The van der Waals surface area contributed by atoms with E-state index in [9.17, 15) is 9.59 Å². The molecule has 1 aliphatic heterocycles. The number of carbonyl (C=O) groups is 2. The molecule has 0 unspecified atom stereocenters. The van der Waals surface area contributed by atoms with Gasteiger partial charge < -0.3 is 10.6 Å². The van der Waals surface area contributed by atoms with Gasteiger partial charge in [0.2, 0.25) is 11.8 Å². The molecule has 0 saturated carbocycles. The minimum atomic E-state index is -0.375. The highest BCUT2D eigenvalue weighted by Gasteiger charge is 2.26. The van der Waals surface area contributed by atoms with Gasteiger partial charge in [0.05, 0.1) is 10.7 Å². The van der Waals surface area contributed by atoms with Crippen molar-refractivity contribution >= 4 is 23.2 Å². The van der Waals surface area contributed by atoms with Crippen LogP contribution in [0.1, 0.15) is 22.7 Å². The lowest BCUT2D eigenvalue weighted by Gasteiger charge is -2.09. The summed E-state index contributed by atoms with van der Waals surface area (Å²) in [5.41, 5.74) is 2.13. The van der Waals surface area contributed by atoms with E-state index in [0.29, 0.717) is 25.8 Å². The molecule has 0 spiro atoms. The van der Waals surface area contributed by atoms with Crippen molar-refractivity contribution in [3.8, 4) is 11.3 Å². The van der Waals surface area contributed by atoms with Crippen LogP contribution in [-0.2, 0) is 16.0 Å². The van der Waals surface area contributed by atoms with Crippen LogP contribution in [-0.4, -0.2) is 29.4 Å². The van der Waals surface area contributed by atoms with Crippen molar-refractivity contribution in [3.63, 3.8) is 0 Å². The van der Waals surface area contributed by atoms with E-state index in [-0.39, 0.29) is 17.9 Å². The highest BCUT2D eigenvalue weighted by atomic mass is 32.1. The Labute approximate surface area is 139 Å². The smallest absolute Gasteiger partial charge is 0.242 e. The molecule has 2 amide bonds. The first-order valence-corrected chi connectivity index (χ1v) is 8.54. The number of hydrogen-bond acceptors (Lipinski definition) is 4. The second-order valence-electron chi connectivity index (χ2n) is 5.58. The SMILES string of the molecule is Cc1sc(CCNC(=O)[C@H]2CCC(=O)N2)nc1-c1ccccc1. The summed E-state index contributed by atoms with van der Waals surface area (Å²) in [5, 5.41) is 6.56. The van der Waals surface area contributed by atoms with Gasteiger partial charge in [-0.15, -0.1) is 11.3 Å².